The van der Waals surface area contributed by atoms with E-state index in [9.17, 15) is 5.11 Å². The molecule has 3 aliphatic rings. The zero-order valence-electron chi connectivity index (χ0n) is 12.1. The number of hydrogen-bond acceptors (Lipinski definition) is 4. The first-order valence-corrected chi connectivity index (χ1v) is 8.13. The fraction of sp³-hybridized carbons (Fsp3) is 1.00. The van der Waals surface area contributed by atoms with Gasteiger partial charge in [-0.1, -0.05) is 0 Å². The molecule has 0 aromatic heterocycles. The third kappa shape index (κ3) is 5.03. The molecule has 110 valence electrons. The Morgan fingerprint density at radius 2 is 1.63 bits per heavy atom. The molecule has 0 radical (unpaired) electrons. The van der Waals surface area contributed by atoms with E-state index in [0.29, 0.717) is 0 Å². The Hall–Kier alpha value is -0.160. The predicted molar refractivity (Wildman–Crippen MR) is 77.2 cm³/mol. The molecular formula is C15H29N3O. The average Bonchev–Trinajstić information content (AvgIpc) is 3.26. The van der Waals surface area contributed by atoms with Crippen LogP contribution in [-0.4, -0.2) is 73.4 Å². The van der Waals surface area contributed by atoms with E-state index in [1.165, 1.54) is 38.8 Å². The number of aliphatic hydroxyl groups excluding tert-OH is 1. The molecule has 2 N–H and O–H groups in total. The van der Waals surface area contributed by atoms with Gasteiger partial charge in [-0.25, -0.2) is 0 Å². The van der Waals surface area contributed by atoms with Crippen molar-refractivity contribution in [2.24, 2.45) is 11.8 Å². The van der Waals surface area contributed by atoms with Crippen molar-refractivity contribution >= 4 is 0 Å². The Balaban J connectivity index is 1.40. The molecular weight excluding hydrogens is 238 g/mol. The summed E-state index contributed by atoms with van der Waals surface area (Å²) in [5.74, 6) is 1.87. The van der Waals surface area contributed by atoms with Gasteiger partial charge < -0.3 is 15.3 Å². The third-order valence-electron chi connectivity index (χ3n) is 4.57. The van der Waals surface area contributed by atoms with Gasteiger partial charge in [-0.15, -0.1) is 0 Å². The van der Waals surface area contributed by atoms with Crippen LogP contribution in [0.15, 0.2) is 0 Å². The van der Waals surface area contributed by atoms with Crippen LogP contribution in [0.2, 0.25) is 0 Å². The third-order valence-corrected chi connectivity index (χ3v) is 4.57. The van der Waals surface area contributed by atoms with E-state index in [0.717, 1.165) is 51.1 Å². The van der Waals surface area contributed by atoms with Gasteiger partial charge in [0, 0.05) is 52.4 Å². The van der Waals surface area contributed by atoms with Crippen LogP contribution in [0.25, 0.3) is 0 Å². The molecule has 1 heterocycles. The largest absolute Gasteiger partial charge is 0.390 e. The van der Waals surface area contributed by atoms with E-state index in [1.807, 2.05) is 0 Å². The molecule has 0 spiro atoms. The van der Waals surface area contributed by atoms with E-state index in [-0.39, 0.29) is 6.10 Å². The standard InChI is InChI=1S/C15H29N3O/c19-15(11-17-7-5-16-6-8-17)12-18(9-13-1-2-13)10-14-3-4-14/h13-16,19H,1-12H2. The van der Waals surface area contributed by atoms with Gasteiger partial charge in [-0.05, 0) is 37.5 Å². The molecule has 4 heteroatoms. The fourth-order valence-corrected chi connectivity index (χ4v) is 3.10. The molecule has 1 atom stereocenters. The minimum Gasteiger partial charge on any atom is -0.390 e. The van der Waals surface area contributed by atoms with Crippen LogP contribution in [0.4, 0.5) is 0 Å². The molecule has 3 fully saturated rings. The second-order valence-corrected chi connectivity index (χ2v) is 6.81. The van der Waals surface area contributed by atoms with E-state index in [1.54, 1.807) is 0 Å². The maximum Gasteiger partial charge on any atom is 0.0793 e. The van der Waals surface area contributed by atoms with Gasteiger partial charge in [0.15, 0.2) is 0 Å². The second-order valence-electron chi connectivity index (χ2n) is 6.81. The smallest absolute Gasteiger partial charge is 0.0793 e. The van der Waals surface area contributed by atoms with Crippen molar-refractivity contribution < 1.29 is 5.11 Å². The normalized spacial score (nSPS) is 26.8. The van der Waals surface area contributed by atoms with E-state index in [4.69, 9.17) is 0 Å². The Labute approximate surface area is 117 Å². The zero-order valence-corrected chi connectivity index (χ0v) is 12.1. The first-order chi connectivity index (χ1) is 9.29. The lowest BCUT2D eigenvalue weighted by Crippen LogP contribution is -2.48. The van der Waals surface area contributed by atoms with E-state index in [2.05, 4.69) is 15.1 Å². The number of nitrogens with zero attached hydrogens (tertiary/aromatic N) is 2. The maximum absolute atomic E-state index is 10.3. The number of nitrogens with one attached hydrogen (secondary N) is 1. The first-order valence-electron chi connectivity index (χ1n) is 8.13. The summed E-state index contributed by atoms with van der Waals surface area (Å²) in [4.78, 5) is 4.94. The van der Waals surface area contributed by atoms with Crippen molar-refractivity contribution in [1.29, 1.82) is 0 Å². The number of β-amino-alcohol motifs (C(OH)–C–C–N with tert-alkyl or cyclic N) is 1. The summed E-state index contributed by atoms with van der Waals surface area (Å²) in [5.41, 5.74) is 0. The van der Waals surface area contributed by atoms with Crippen molar-refractivity contribution in [3.8, 4) is 0 Å². The summed E-state index contributed by atoms with van der Waals surface area (Å²) in [6, 6.07) is 0. The Morgan fingerprint density at radius 3 is 2.16 bits per heavy atom. The fourth-order valence-electron chi connectivity index (χ4n) is 3.10. The Morgan fingerprint density at radius 1 is 1.05 bits per heavy atom. The quantitative estimate of drug-likeness (QED) is 0.667. The SMILES string of the molecule is OC(CN1CCNCC1)CN(CC1CC1)CC1CC1. The lowest BCUT2D eigenvalue weighted by atomic mass is 10.2. The van der Waals surface area contributed by atoms with Crippen LogP contribution in [0.3, 0.4) is 0 Å². The van der Waals surface area contributed by atoms with Crippen molar-refractivity contribution in [3.05, 3.63) is 0 Å². The highest BCUT2D eigenvalue weighted by Crippen LogP contribution is 2.33. The molecule has 0 amide bonds. The number of piperazine rings is 1. The molecule has 1 saturated heterocycles. The lowest BCUT2D eigenvalue weighted by molar-refractivity contribution is 0.0663. The van der Waals surface area contributed by atoms with Gasteiger partial charge in [-0.3, -0.25) is 4.90 Å². The van der Waals surface area contributed by atoms with Crippen molar-refractivity contribution in [1.82, 2.24) is 15.1 Å². The summed E-state index contributed by atoms with van der Waals surface area (Å²) < 4.78 is 0. The topological polar surface area (TPSA) is 38.7 Å². The molecule has 0 bridgehead atoms. The maximum atomic E-state index is 10.3. The van der Waals surface area contributed by atoms with Gasteiger partial charge >= 0.3 is 0 Å². The summed E-state index contributed by atoms with van der Waals surface area (Å²) in [7, 11) is 0. The minimum atomic E-state index is -0.171. The van der Waals surface area contributed by atoms with Crippen LogP contribution in [-0.2, 0) is 0 Å². The van der Waals surface area contributed by atoms with Crippen LogP contribution in [0, 0.1) is 11.8 Å². The summed E-state index contributed by atoms with van der Waals surface area (Å²) >= 11 is 0. The molecule has 1 aliphatic heterocycles. The van der Waals surface area contributed by atoms with Gasteiger partial charge in [0.25, 0.3) is 0 Å². The highest BCUT2D eigenvalue weighted by molar-refractivity contribution is 4.84. The lowest BCUT2D eigenvalue weighted by Gasteiger charge is -2.31. The molecule has 0 aromatic rings. The van der Waals surface area contributed by atoms with Gasteiger partial charge in [0.2, 0.25) is 0 Å². The van der Waals surface area contributed by atoms with Crippen LogP contribution >= 0.6 is 0 Å². The molecule has 2 saturated carbocycles. The summed E-state index contributed by atoms with van der Waals surface area (Å²) in [5, 5.41) is 13.7. The van der Waals surface area contributed by atoms with Crippen LogP contribution in [0.5, 0.6) is 0 Å². The second kappa shape index (κ2) is 6.53. The van der Waals surface area contributed by atoms with Crippen molar-refractivity contribution in [2.45, 2.75) is 31.8 Å². The first kappa shape index (κ1) is 13.8. The average molecular weight is 267 g/mol. The minimum absolute atomic E-state index is 0.171. The highest BCUT2D eigenvalue weighted by Gasteiger charge is 2.30. The molecule has 1 unspecified atom stereocenters. The predicted octanol–water partition coefficient (Wildman–Crippen LogP) is 0.375. The molecule has 4 nitrogen and oxygen atoms in total. The monoisotopic (exact) mass is 267 g/mol. The van der Waals surface area contributed by atoms with Crippen molar-refractivity contribution in [3.63, 3.8) is 0 Å². The van der Waals surface area contributed by atoms with Gasteiger partial charge in [0.1, 0.15) is 0 Å². The van der Waals surface area contributed by atoms with Crippen LogP contribution in [0.1, 0.15) is 25.7 Å². The molecule has 3 rings (SSSR count). The van der Waals surface area contributed by atoms with E-state index >= 15 is 0 Å². The molecule has 0 aromatic carbocycles. The van der Waals surface area contributed by atoms with Gasteiger partial charge in [-0.2, -0.15) is 0 Å². The van der Waals surface area contributed by atoms with Crippen LogP contribution < -0.4 is 5.32 Å². The Kier molecular flexibility index (Phi) is 4.74. The van der Waals surface area contributed by atoms with Crippen molar-refractivity contribution in [2.75, 3.05) is 52.4 Å². The Bertz CT molecular complexity index is 259. The highest BCUT2D eigenvalue weighted by atomic mass is 16.3. The molecule has 2 aliphatic carbocycles. The van der Waals surface area contributed by atoms with E-state index < -0.39 is 0 Å². The summed E-state index contributed by atoms with van der Waals surface area (Å²) in [6.45, 7) is 8.51. The van der Waals surface area contributed by atoms with Gasteiger partial charge in [0.05, 0.1) is 6.10 Å². The number of hydrogen-bond donors (Lipinski definition) is 2. The molecule has 19 heavy (non-hydrogen) atoms. The summed E-state index contributed by atoms with van der Waals surface area (Å²) in [6.07, 6.45) is 5.48. The number of rotatable bonds is 8. The zero-order chi connectivity index (χ0) is 13.1. The number of aliphatic hydroxyl groups is 1.